The number of fused-ring (bicyclic) bond motifs is 2. The number of hydrogen-bond donors (Lipinski definition) is 0. The molecular weight excluding hydrogens is 388 g/mol. The van der Waals surface area contributed by atoms with E-state index in [2.05, 4.69) is 18.7 Å². The van der Waals surface area contributed by atoms with Gasteiger partial charge in [-0.05, 0) is 50.2 Å². The summed E-state index contributed by atoms with van der Waals surface area (Å²) in [6.45, 7) is 4.22. The van der Waals surface area contributed by atoms with E-state index < -0.39 is 5.97 Å². The van der Waals surface area contributed by atoms with Gasteiger partial charge in [0.25, 0.3) is 0 Å². The van der Waals surface area contributed by atoms with Crippen molar-refractivity contribution >= 4 is 45.1 Å². The van der Waals surface area contributed by atoms with E-state index in [9.17, 15) is 4.79 Å². The molecule has 0 aliphatic carbocycles. The smallest absolute Gasteiger partial charge is 0.337 e. The molecule has 0 atom stereocenters. The van der Waals surface area contributed by atoms with Crippen LogP contribution in [0.4, 0.5) is 5.69 Å². The second-order valence-corrected chi connectivity index (χ2v) is 7.71. The summed E-state index contributed by atoms with van der Waals surface area (Å²) >= 11 is 6.09. The Morgan fingerprint density at radius 1 is 1.14 bits per heavy atom. The predicted molar refractivity (Wildman–Crippen MR) is 117 cm³/mol. The van der Waals surface area contributed by atoms with Crippen molar-refractivity contribution in [3.8, 4) is 11.3 Å². The Kier molecular flexibility index (Phi) is 4.92. The molecule has 0 aliphatic rings. The summed E-state index contributed by atoms with van der Waals surface area (Å²) in [5.74, 6) is 0.213. The number of halogens is 1. The number of rotatable bonds is 4. The topological polar surface area (TPSA) is 55.6 Å². The van der Waals surface area contributed by atoms with E-state index in [4.69, 9.17) is 25.7 Å². The molecule has 2 heterocycles. The third kappa shape index (κ3) is 3.54. The van der Waals surface area contributed by atoms with Gasteiger partial charge in [0.1, 0.15) is 11.3 Å². The number of ether oxygens (including phenoxy) is 1. The van der Waals surface area contributed by atoms with E-state index in [-0.39, 0.29) is 0 Å². The maximum atomic E-state index is 12.3. The SMILES string of the molecule is COC(=O)c1cc(-c2cc3ccc(Cl)cc3o2)c2ncc(N(C)C(C)C)cc2c1. The molecule has 0 bridgehead atoms. The lowest BCUT2D eigenvalue weighted by molar-refractivity contribution is 0.0601. The highest BCUT2D eigenvalue weighted by molar-refractivity contribution is 6.31. The molecule has 148 valence electrons. The van der Waals surface area contributed by atoms with Crippen molar-refractivity contribution in [3.63, 3.8) is 0 Å². The third-order valence-electron chi connectivity index (χ3n) is 5.12. The number of pyridine rings is 1. The van der Waals surface area contributed by atoms with Gasteiger partial charge in [0.05, 0.1) is 30.1 Å². The Balaban J connectivity index is 1.96. The zero-order valence-electron chi connectivity index (χ0n) is 16.7. The lowest BCUT2D eigenvalue weighted by atomic mass is 10.0. The van der Waals surface area contributed by atoms with E-state index >= 15 is 0 Å². The molecule has 0 unspecified atom stereocenters. The Bertz CT molecular complexity index is 1230. The van der Waals surface area contributed by atoms with Gasteiger partial charge in [-0.2, -0.15) is 0 Å². The molecule has 0 fully saturated rings. The lowest BCUT2D eigenvalue weighted by Crippen LogP contribution is -2.25. The summed E-state index contributed by atoms with van der Waals surface area (Å²) in [6, 6.07) is 13.3. The van der Waals surface area contributed by atoms with Crippen molar-refractivity contribution in [1.82, 2.24) is 4.98 Å². The maximum Gasteiger partial charge on any atom is 0.337 e. The van der Waals surface area contributed by atoms with Gasteiger partial charge in [-0.1, -0.05) is 11.6 Å². The molecule has 0 radical (unpaired) electrons. The Labute approximate surface area is 173 Å². The van der Waals surface area contributed by atoms with E-state index in [1.165, 1.54) is 7.11 Å². The second kappa shape index (κ2) is 7.41. The normalized spacial score (nSPS) is 11.4. The Morgan fingerprint density at radius 3 is 2.66 bits per heavy atom. The molecular formula is C23H21ClN2O3. The largest absolute Gasteiger partial charge is 0.465 e. The first-order valence-electron chi connectivity index (χ1n) is 9.32. The highest BCUT2D eigenvalue weighted by Crippen LogP contribution is 2.35. The first-order valence-corrected chi connectivity index (χ1v) is 9.69. The first-order chi connectivity index (χ1) is 13.9. The van der Waals surface area contributed by atoms with Crippen LogP contribution in [0, 0.1) is 0 Å². The van der Waals surface area contributed by atoms with Gasteiger partial charge in [0, 0.05) is 40.5 Å². The minimum Gasteiger partial charge on any atom is -0.465 e. The van der Waals surface area contributed by atoms with Crippen LogP contribution in [0.1, 0.15) is 24.2 Å². The quantitative estimate of drug-likeness (QED) is 0.391. The molecule has 2 aromatic heterocycles. The number of methoxy groups -OCH3 is 1. The van der Waals surface area contributed by atoms with Crippen LogP contribution in [0.25, 0.3) is 33.2 Å². The summed E-state index contributed by atoms with van der Waals surface area (Å²) in [6.07, 6.45) is 1.84. The van der Waals surface area contributed by atoms with Gasteiger partial charge >= 0.3 is 5.97 Å². The molecule has 4 rings (SSSR count). The molecule has 29 heavy (non-hydrogen) atoms. The van der Waals surface area contributed by atoms with E-state index in [0.29, 0.717) is 28.0 Å². The van der Waals surface area contributed by atoms with Crippen molar-refractivity contribution in [3.05, 3.63) is 59.2 Å². The van der Waals surface area contributed by atoms with Crippen molar-refractivity contribution in [2.45, 2.75) is 19.9 Å². The van der Waals surface area contributed by atoms with Gasteiger partial charge < -0.3 is 14.1 Å². The number of furan rings is 1. The molecule has 5 nitrogen and oxygen atoms in total. The zero-order chi connectivity index (χ0) is 20.7. The van der Waals surface area contributed by atoms with Crippen molar-refractivity contribution in [2.24, 2.45) is 0 Å². The summed E-state index contributed by atoms with van der Waals surface area (Å²) in [4.78, 5) is 19.1. The van der Waals surface area contributed by atoms with Gasteiger partial charge in [-0.3, -0.25) is 4.98 Å². The van der Waals surface area contributed by atoms with Crippen LogP contribution in [0.3, 0.4) is 0 Å². The van der Waals surface area contributed by atoms with Crippen LogP contribution in [0.2, 0.25) is 5.02 Å². The summed E-state index contributed by atoms with van der Waals surface area (Å²) < 4.78 is 11.0. The monoisotopic (exact) mass is 408 g/mol. The van der Waals surface area contributed by atoms with Crippen LogP contribution < -0.4 is 4.90 Å². The minimum absolute atomic E-state index is 0.317. The molecule has 0 aliphatic heterocycles. The lowest BCUT2D eigenvalue weighted by Gasteiger charge is -2.23. The highest BCUT2D eigenvalue weighted by Gasteiger charge is 2.17. The fourth-order valence-corrected chi connectivity index (χ4v) is 3.45. The summed E-state index contributed by atoms with van der Waals surface area (Å²) in [7, 11) is 3.39. The van der Waals surface area contributed by atoms with Crippen LogP contribution in [0.15, 0.2) is 53.1 Å². The van der Waals surface area contributed by atoms with Crippen LogP contribution >= 0.6 is 11.6 Å². The average Bonchev–Trinajstić information content (AvgIpc) is 3.14. The van der Waals surface area contributed by atoms with Crippen LogP contribution in [-0.2, 0) is 4.74 Å². The van der Waals surface area contributed by atoms with Crippen molar-refractivity contribution in [2.75, 3.05) is 19.1 Å². The molecule has 0 spiro atoms. The molecule has 0 saturated heterocycles. The summed E-state index contributed by atoms with van der Waals surface area (Å²) in [5, 5.41) is 2.37. The van der Waals surface area contributed by atoms with Gasteiger partial charge in [-0.25, -0.2) is 4.79 Å². The first kappa shape index (κ1) is 19.3. The van der Waals surface area contributed by atoms with Crippen molar-refractivity contribution in [1.29, 1.82) is 0 Å². The van der Waals surface area contributed by atoms with Gasteiger partial charge in [-0.15, -0.1) is 0 Å². The molecule has 4 aromatic rings. The molecule has 2 aromatic carbocycles. The predicted octanol–water partition coefficient (Wildman–Crippen LogP) is 5.93. The number of anilines is 1. The second-order valence-electron chi connectivity index (χ2n) is 7.28. The molecule has 0 N–H and O–H groups in total. The van der Waals surface area contributed by atoms with Crippen molar-refractivity contribution < 1.29 is 13.9 Å². The fraction of sp³-hybridized carbons (Fsp3) is 0.217. The molecule has 0 amide bonds. The number of esters is 1. The van der Waals surface area contributed by atoms with Gasteiger partial charge in [0.15, 0.2) is 0 Å². The standard InChI is InChI=1S/C23H21ClN2O3/c1-13(2)26(3)18-8-15-7-16(23(27)28-4)9-19(22(15)25-12-18)21-10-14-5-6-17(24)11-20(14)29-21/h5-13H,1-4H3. The number of hydrogen-bond acceptors (Lipinski definition) is 5. The van der Waals surface area contributed by atoms with E-state index in [1.54, 1.807) is 18.2 Å². The maximum absolute atomic E-state index is 12.3. The average molecular weight is 409 g/mol. The van der Waals surface area contributed by atoms with Gasteiger partial charge in [0.2, 0.25) is 0 Å². The minimum atomic E-state index is -0.407. The molecule has 6 heteroatoms. The zero-order valence-corrected chi connectivity index (χ0v) is 17.4. The number of nitrogens with zero attached hydrogens (tertiary/aromatic N) is 2. The Hall–Kier alpha value is -3.05. The number of benzene rings is 2. The Morgan fingerprint density at radius 2 is 1.93 bits per heavy atom. The third-order valence-corrected chi connectivity index (χ3v) is 5.35. The van der Waals surface area contributed by atoms with Crippen LogP contribution in [0.5, 0.6) is 0 Å². The van der Waals surface area contributed by atoms with Crippen LogP contribution in [-0.4, -0.2) is 31.2 Å². The highest BCUT2D eigenvalue weighted by atomic mass is 35.5. The fourth-order valence-electron chi connectivity index (χ4n) is 3.29. The van der Waals surface area contributed by atoms with E-state index in [1.807, 2.05) is 37.5 Å². The number of aromatic nitrogens is 1. The number of carbonyl (C=O) groups excluding carboxylic acids is 1. The number of carbonyl (C=O) groups is 1. The summed E-state index contributed by atoms with van der Waals surface area (Å²) in [5.41, 5.74) is 3.58. The van der Waals surface area contributed by atoms with E-state index in [0.717, 1.165) is 27.5 Å². The molecule has 0 saturated carbocycles.